The zero-order valence-electron chi connectivity index (χ0n) is 10.2. The molecule has 0 saturated carbocycles. The fourth-order valence-electron chi connectivity index (χ4n) is 1.65. The molecule has 0 atom stereocenters. The number of aromatic nitrogens is 3. The van der Waals surface area contributed by atoms with Crippen LogP contribution in [-0.2, 0) is 13.1 Å². The molecule has 0 spiro atoms. The maximum Gasteiger partial charge on any atom is 0.140 e. The molecule has 0 bridgehead atoms. The first-order valence-corrected chi connectivity index (χ1v) is 7.09. The largest absolute Gasteiger partial charge is 0.295 e. The first-order chi connectivity index (χ1) is 7.81. The monoisotopic (exact) mass is 288 g/mol. The number of aryl methyl sites for hydroxylation is 1. The minimum atomic E-state index is 0.894. The van der Waals surface area contributed by atoms with Gasteiger partial charge < -0.3 is 0 Å². The van der Waals surface area contributed by atoms with Gasteiger partial charge in [0.25, 0.3) is 0 Å². The minimum Gasteiger partial charge on any atom is -0.295 e. The Hall–Kier alpha value is -0.420. The molecule has 0 aliphatic heterocycles. The number of halogens is 1. The molecular weight excluding hydrogens is 268 g/mol. The lowest BCUT2D eigenvalue weighted by Gasteiger charge is -2.20. The van der Waals surface area contributed by atoms with Gasteiger partial charge in [0, 0.05) is 18.4 Å². The van der Waals surface area contributed by atoms with Gasteiger partial charge in [-0.1, -0.05) is 29.3 Å². The van der Waals surface area contributed by atoms with Crippen LogP contribution < -0.4 is 0 Å². The lowest BCUT2D eigenvalue weighted by Crippen LogP contribution is -2.28. The summed E-state index contributed by atoms with van der Waals surface area (Å²) in [5, 5.41) is 5.21. The van der Waals surface area contributed by atoms with E-state index in [9.17, 15) is 0 Å². The Balaban J connectivity index is 2.52. The maximum absolute atomic E-state index is 4.31. The summed E-state index contributed by atoms with van der Waals surface area (Å²) in [4.78, 5) is 6.74. The van der Waals surface area contributed by atoms with E-state index in [0.717, 1.165) is 37.3 Å². The molecular formula is C11H21BrN4. The van der Waals surface area contributed by atoms with Gasteiger partial charge >= 0.3 is 0 Å². The smallest absolute Gasteiger partial charge is 0.140 e. The molecule has 0 amide bonds. The van der Waals surface area contributed by atoms with Gasteiger partial charge in [-0.2, -0.15) is 5.10 Å². The van der Waals surface area contributed by atoms with Crippen LogP contribution in [0, 0.1) is 0 Å². The molecule has 1 aromatic heterocycles. The molecule has 5 heteroatoms. The van der Waals surface area contributed by atoms with Crippen LogP contribution in [0.3, 0.4) is 0 Å². The second-order valence-electron chi connectivity index (χ2n) is 3.81. The number of alkyl halides is 1. The van der Waals surface area contributed by atoms with Crippen molar-refractivity contribution in [3.8, 4) is 0 Å². The molecule has 0 N–H and O–H groups in total. The van der Waals surface area contributed by atoms with Crippen molar-refractivity contribution < 1.29 is 0 Å². The van der Waals surface area contributed by atoms with E-state index in [1.54, 1.807) is 6.33 Å². The van der Waals surface area contributed by atoms with E-state index >= 15 is 0 Å². The van der Waals surface area contributed by atoms with Crippen molar-refractivity contribution in [3.05, 3.63) is 12.2 Å². The average molecular weight is 289 g/mol. The number of unbranched alkanes of at least 4 members (excludes halogenated alkanes) is 1. The number of nitrogens with zero attached hydrogens (tertiary/aromatic N) is 4. The Kier molecular flexibility index (Phi) is 6.64. The summed E-state index contributed by atoms with van der Waals surface area (Å²) in [6.07, 6.45) is 4.12. The van der Waals surface area contributed by atoms with Crippen LogP contribution in [0.25, 0.3) is 0 Å². The van der Waals surface area contributed by atoms with Crippen molar-refractivity contribution in [2.24, 2.45) is 0 Å². The van der Waals surface area contributed by atoms with Gasteiger partial charge in [0.05, 0.1) is 6.54 Å². The van der Waals surface area contributed by atoms with Crippen LogP contribution in [-0.4, -0.2) is 38.1 Å². The molecule has 0 aliphatic rings. The van der Waals surface area contributed by atoms with Gasteiger partial charge in [-0.3, -0.25) is 4.90 Å². The fourth-order valence-corrected chi connectivity index (χ4v) is 2.15. The van der Waals surface area contributed by atoms with Crippen molar-refractivity contribution in [2.45, 2.75) is 39.8 Å². The maximum atomic E-state index is 4.31. The standard InChI is InChI=1S/C11H21BrN4/c1-3-5-7-15(8-6-12)9-11-13-10-14-16(11)4-2/h10H,3-9H2,1-2H3. The minimum absolute atomic E-state index is 0.894. The predicted molar refractivity (Wildman–Crippen MR) is 69.7 cm³/mol. The first-order valence-electron chi connectivity index (χ1n) is 5.96. The third-order valence-electron chi connectivity index (χ3n) is 2.59. The van der Waals surface area contributed by atoms with Crippen molar-refractivity contribution in [1.82, 2.24) is 19.7 Å². The Bertz CT molecular complexity index is 287. The fraction of sp³-hybridized carbons (Fsp3) is 0.818. The van der Waals surface area contributed by atoms with Crippen LogP contribution in [0.5, 0.6) is 0 Å². The second kappa shape index (κ2) is 7.79. The summed E-state index contributed by atoms with van der Waals surface area (Å²) in [5.74, 6) is 1.07. The molecule has 0 saturated heterocycles. The van der Waals surface area contributed by atoms with Gasteiger partial charge in [-0.05, 0) is 19.9 Å². The first kappa shape index (κ1) is 13.6. The number of hydrogen-bond donors (Lipinski definition) is 0. The summed E-state index contributed by atoms with van der Waals surface area (Å²) in [6.45, 7) is 8.32. The highest BCUT2D eigenvalue weighted by molar-refractivity contribution is 9.09. The van der Waals surface area contributed by atoms with Crippen molar-refractivity contribution in [2.75, 3.05) is 18.4 Å². The highest BCUT2D eigenvalue weighted by Gasteiger charge is 2.09. The summed E-state index contributed by atoms with van der Waals surface area (Å²) in [7, 11) is 0. The molecule has 1 rings (SSSR count). The van der Waals surface area contributed by atoms with E-state index in [2.05, 4.69) is 44.8 Å². The number of hydrogen-bond acceptors (Lipinski definition) is 3. The second-order valence-corrected chi connectivity index (χ2v) is 4.60. The van der Waals surface area contributed by atoms with Crippen LogP contribution in [0.1, 0.15) is 32.5 Å². The molecule has 16 heavy (non-hydrogen) atoms. The zero-order valence-corrected chi connectivity index (χ0v) is 11.8. The molecule has 0 radical (unpaired) electrons. The van der Waals surface area contributed by atoms with Crippen LogP contribution in [0.15, 0.2) is 6.33 Å². The SMILES string of the molecule is CCCCN(CCBr)Cc1ncnn1CC. The lowest BCUT2D eigenvalue weighted by molar-refractivity contribution is 0.266. The molecule has 92 valence electrons. The van der Waals surface area contributed by atoms with Gasteiger partial charge in [0.2, 0.25) is 0 Å². The number of rotatable bonds is 8. The van der Waals surface area contributed by atoms with Gasteiger partial charge in [-0.15, -0.1) is 0 Å². The molecule has 0 unspecified atom stereocenters. The summed E-state index contributed by atoms with van der Waals surface area (Å²) in [6, 6.07) is 0. The van der Waals surface area contributed by atoms with Crippen LogP contribution >= 0.6 is 15.9 Å². The van der Waals surface area contributed by atoms with Gasteiger partial charge in [0.15, 0.2) is 0 Å². The Morgan fingerprint density at radius 2 is 2.19 bits per heavy atom. The predicted octanol–water partition coefficient (Wildman–Crippen LogP) is 2.29. The Morgan fingerprint density at radius 3 is 2.81 bits per heavy atom. The lowest BCUT2D eigenvalue weighted by atomic mass is 10.3. The van der Waals surface area contributed by atoms with E-state index in [-0.39, 0.29) is 0 Å². The third-order valence-corrected chi connectivity index (χ3v) is 2.94. The molecule has 4 nitrogen and oxygen atoms in total. The van der Waals surface area contributed by atoms with E-state index in [4.69, 9.17) is 0 Å². The van der Waals surface area contributed by atoms with Crippen molar-refractivity contribution in [1.29, 1.82) is 0 Å². The summed E-state index contributed by atoms with van der Waals surface area (Å²) >= 11 is 3.50. The van der Waals surface area contributed by atoms with Crippen LogP contribution in [0.2, 0.25) is 0 Å². The quantitative estimate of drug-likeness (QED) is 0.689. The molecule has 1 aromatic rings. The molecule has 1 heterocycles. The van der Waals surface area contributed by atoms with Crippen molar-refractivity contribution >= 4 is 15.9 Å². The zero-order chi connectivity index (χ0) is 11.8. The van der Waals surface area contributed by atoms with Crippen molar-refractivity contribution in [3.63, 3.8) is 0 Å². The van der Waals surface area contributed by atoms with Crippen LogP contribution in [0.4, 0.5) is 0 Å². The Morgan fingerprint density at radius 1 is 1.38 bits per heavy atom. The molecule has 0 fully saturated rings. The summed E-state index contributed by atoms with van der Waals surface area (Å²) in [5.41, 5.74) is 0. The molecule has 0 aliphatic carbocycles. The third kappa shape index (κ3) is 4.22. The average Bonchev–Trinajstić information content (AvgIpc) is 2.73. The van der Waals surface area contributed by atoms with E-state index in [1.165, 1.54) is 12.8 Å². The summed E-state index contributed by atoms with van der Waals surface area (Å²) < 4.78 is 1.97. The van der Waals surface area contributed by atoms with Gasteiger partial charge in [0.1, 0.15) is 12.2 Å². The Labute approximate surface area is 106 Å². The normalized spacial score (nSPS) is 11.2. The van der Waals surface area contributed by atoms with E-state index < -0.39 is 0 Å². The highest BCUT2D eigenvalue weighted by Crippen LogP contribution is 2.04. The van der Waals surface area contributed by atoms with E-state index in [1.807, 2.05) is 4.68 Å². The molecule has 0 aromatic carbocycles. The van der Waals surface area contributed by atoms with E-state index in [0.29, 0.717) is 0 Å². The van der Waals surface area contributed by atoms with Gasteiger partial charge in [-0.25, -0.2) is 9.67 Å². The topological polar surface area (TPSA) is 34.0 Å². The highest BCUT2D eigenvalue weighted by atomic mass is 79.9.